The fraction of sp³-hybridized carbons (Fsp3) is 1.00. The van der Waals surface area contributed by atoms with Crippen molar-refractivity contribution in [3.63, 3.8) is 0 Å². The zero-order valence-electron chi connectivity index (χ0n) is 7.83. The molecule has 0 aromatic rings. The van der Waals surface area contributed by atoms with E-state index in [1.807, 2.05) is 7.05 Å². The van der Waals surface area contributed by atoms with Crippen molar-refractivity contribution in [1.29, 1.82) is 0 Å². The lowest BCUT2D eigenvalue weighted by atomic mass is 9.80. The van der Waals surface area contributed by atoms with Crippen molar-refractivity contribution in [1.82, 2.24) is 5.32 Å². The highest BCUT2D eigenvalue weighted by Crippen LogP contribution is 2.28. The second-order valence-electron chi connectivity index (χ2n) is 3.09. The summed E-state index contributed by atoms with van der Waals surface area (Å²) in [6.45, 7) is 8.01. The summed E-state index contributed by atoms with van der Waals surface area (Å²) >= 11 is 0. The molecule has 0 aliphatic heterocycles. The minimum absolute atomic E-state index is 0.564. The first-order valence-corrected chi connectivity index (χ1v) is 4.39. The van der Waals surface area contributed by atoms with Crippen molar-refractivity contribution in [3.8, 4) is 0 Å². The molecule has 0 saturated heterocycles. The van der Waals surface area contributed by atoms with Gasteiger partial charge in [0.25, 0.3) is 0 Å². The molecule has 0 saturated carbocycles. The van der Waals surface area contributed by atoms with Crippen LogP contribution in [-0.4, -0.2) is 13.6 Å². The van der Waals surface area contributed by atoms with Crippen LogP contribution in [0.15, 0.2) is 0 Å². The molecule has 0 aliphatic rings. The summed E-state index contributed by atoms with van der Waals surface area (Å²) < 4.78 is 0. The smallest absolute Gasteiger partial charge is 0.000450 e. The van der Waals surface area contributed by atoms with Gasteiger partial charge in [0.2, 0.25) is 0 Å². The van der Waals surface area contributed by atoms with E-state index in [1.54, 1.807) is 0 Å². The lowest BCUT2D eigenvalue weighted by Gasteiger charge is -2.29. The van der Waals surface area contributed by atoms with Crippen LogP contribution in [0, 0.1) is 5.41 Å². The number of nitrogens with one attached hydrogen (secondary N) is 1. The summed E-state index contributed by atoms with van der Waals surface area (Å²) in [5, 5.41) is 3.26. The molecule has 0 atom stereocenters. The number of rotatable bonds is 5. The first kappa shape index (κ1) is 9.96. The Balaban J connectivity index is 3.87. The number of hydrogen-bond acceptors (Lipinski definition) is 1. The summed E-state index contributed by atoms with van der Waals surface area (Å²) in [5.74, 6) is 0. The molecular formula is C9H21N. The molecule has 0 unspecified atom stereocenters. The minimum atomic E-state index is 0.564. The van der Waals surface area contributed by atoms with Crippen LogP contribution >= 0.6 is 0 Å². The van der Waals surface area contributed by atoms with Crippen LogP contribution in [0.1, 0.15) is 40.0 Å². The van der Waals surface area contributed by atoms with Crippen LogP contribution in [-0.2, 0) is 0 Å². The van der Waals surface area contributed by atoms with Gasteiger partial charge in [0, 0.05) is 6.54 Å². The van der Waals surface area contributed by atoms with Crippen molar-refractivity contribution >= 4 is 0 Å². The highest BCUT2D eigenvalue weighted by atomic mass is 14.8. The van der Waals surface area contributed by atoms with Crippen LogP contribution in [0.4, 0.5) is 0 Å². The topological polar surface area (TPSA) is 12.0 Å². The maximum Gasteiger partial charge on any atom is 0.000450 e. The van der Waals surface area contributed by atoms with E-state index in [2.05, 4.69) is 26.1 Å². The zero-order chi connectivity index (χ0) is 8.04. The second-order valence-corrected chi connectivity index (χ2v) is 3.09. The maximum atomic E-state index is 3.26. The van der Waals surface area contributed by atoms with Gasteiger partial charge in [-0.25, -0.2) is 0 Å². The third kappa shape index (κ3) is 2.30. The van der Waals surface area contributed by atoms with E-state index >= 15 is 0 Å². The third-order valence-electron chi connectivity index (χ3n) is 2.80. The average molecular weight is 143 g/mol. The predicted octanol–water partition coefficient (Wildman–Crippen LogP) is 2.42. The molecule has 0 heterocycles. The first-order valence-electron chi connectivity index (χ1n) is 4.39. The molecule has 1 nitrogen and oxygen atoms in total. The molecule has 0 amide bonds. The van der Waals surface area contributed by atoms with Crippen molar-refractivity contribution in [2.24, 2.45) is 5.41 Å². The van der Waals surface area contributed by atoms with Gasteiger partial charge in [-0.3, -0.25) is 0 Å². The van der Waals surface area contributed by atoms with E-state index in [1.165, 1.54) is 19.3 Å². The van der Waals surface area contributed by atoms with Crippen molar-refractivity contribution in [3.05, 3.63) is 0 Å². The first-order chi connectivity index (χ1) is 4.74. The molecule has 0 bridgehead atoms. The molecule has 62 valence electrons. The Labute approximate surface area is 65.2 Å². The van der Waals surface area contributed by atoms with E-state index in [0.29, 0.717) is 5.41 Å². The highest BCUT2D eigenvalue weighted by Gasteiger charge is 2.21. The Morgan fingerprint density at radius 3 is 1.50 bits per heavy atom. The molecule has 10 heavy (non-hydrogen) atoms. The maximum absolute atomic E-state index is 3.26. The molecular weight excluding hydrogens is 122 g/mol. The van der Waals surface area contributed by atoms with Gasteiger partial charge in [-0.15, -0.1) is 0 Å². The average Bonchev–Trinajstić information content (AvgIpc) is 2.01. The summed E-state index contributed by atoms with van der Waals surface area (Å²) in [6.07, 6.45) is 3.88. The van der Waals surface area contributed by atoms with E-state index < -0.39 is 0 Å². The predicted molar refractivity (Wildman–Crippen MR) is 47.2 cm³/mol. The normalized spacial score (nSPS) is 12.0. The Kier molecular flexibility index (Phi) is 4.71. The zero-order valence-corrected chi connectivity index (χ0v) is 7.83. The summed E-state index contributed by atoms with van der Waals surface area (Å²) in [4.78, 5) is 0. The fourth-order valence-electron chi connectivity index (χ4n) is 1.50. The van der Waals surface area contributed by atoms with Gasteiger partial charge >= 0.3 is 0 Å². The molecule has 0 aliphatic carbocycles. The second kappa shape index (κ2) is 4.73. The van der Waals surface area contributed by atoms with Crippen molar-refractivity contribution in [2.75, 3.05) is 13.6 Å². The highest BCUT2D eigenvalue weighted by molar-refractivity contribution is 4.76. The number of hydrogen-bond donors (Lipinski definition) is 1. The summed E-state index contributed by atoms with van der Waals surface area (Å²) in [6, 6.07) is 0. The van der Waals surface area contributed by atoms with E-state index in [4.69, 9.17) is 0 Å². The molecule has 1 N–H and O–H groups in total. The molecule has 0 spiro atoms. The van der Waals surface area contributed by atoms with Gasteiger partial charge in [0.05, 0.1) is 0 Å². The largest absolute Gasteiger partial charge is 0.319 e. The van der Waals surface area contributed by atoms with Crippen molar-refractivity contribution < 1.29 is 0 Å². The summed E-state index contributed by atoms with van der Waals surface area (Å²) in [7, 11) is 2.04. The lowest BCUT2D eigenvalue weighted by molar-refractivity contribution is 0.245. The van der Waals surface area contributed by atoms with Gasteiger partial charge in [-0.1, -0.05) is 20.8 Å². The van der Waals surface area contributed by atoms with Crippen LogP contribution in [0.5, 0.6) is 0 Å². The van der Waals surface area contributed by atoms with Crippen molar-refractivity contribution in [2.45, 2.75) is 40.0 Å². The van der Waals surface area contributed by atoms with Crippen LogP contribution in [0.25, 0.3) is 0 Å². The Morgan fingerprint density at radius 1 is 1.00 bits per heavy atom. The van der Waals surface area contributed by atoms with E-state index in [-0.39, 0.29) is 0 Å². The quantitative estimate of drug-likeness (QED) is 0.623. The third-order valence-corrected chi connectivity index (χ3v) is 2.80. The molecule has 0 fully saturated rings. The van der Waals surface area contributed by atoms with E-state index in [0.717, 1.165) is 6.54 Å². The fourth-order valence-corrected chi connectivity index (χ4v) is 1.50. The SMILES string of the molecule is CCC(CC)(CC)CNC. The van der Waals surface area contributed by atoms with Gasteiger partial charge in [0.1, 0.15) is 0 Å². The summed E-state index contributed by atoms with van der Waals surface area (Å²) in [5.41, 5.74) is 0.564. The Bertz CT molecular complexity index is 66.5. The molecule has 0 aromatic heterocycles. The monoisotopic (exact) mass is 143 g/mol. The van der Waals surface area contributed by atoms with E-state index in [9.17, 15) is 0 Å². The Hall–Kier alpha value is -0.0400. The Morgan fingerprint density at radius 2 is 1.40 bits per heavy atom. The molecule has 0 radical (unpaired) electrons. The van der Waals surface area contributed by atoms with Crippen LogP contribution in [0.2, 0.25) is 0 Å². The van der Waals surface area contributed by atoms with Crippen LogP contribution < -0.4 is 5.32 Å². The lowest BCUT2D eigenvalue weighted by Crippen LogP contribution is -2.30. The van der Waals surface area contributed by atoms with Gasteiger partial charge in [-0.05, 0) is 31.7 Å². The van der Waals surface area contributed by atoms with Crippen LogP contribution in [0.3, 0.4) is 0 Å². The minimum Gasteiger partial charge on any atom is -0.319 e. The molecule has 1 heteroatoms. The standard InChI is InChI=1S/C9H21N/c1-5-9(6-2,7-3)8-10-4/h10H,5-8H2,1-4H3. The van der Waals surface area contributed by atoms with Gasteiger partial charge in [0.15, 0.2) is 0 Å². The van der Waals surface area contributed by atoms with Gasteiger partial charge < -0.3 is 5.32 Å². The molecule has 0 aromatic carbocycles. The molecule has 0 rings (SSSR count). The van der Waals surface area contributed by atoms with Gasteiger partial charge in [-0.2, -0.15) is 0 Å².